The van der Waals surface area contributed by atoms with Crippen molar-refractivity contribution in [3.63, 3.8) is 0 Å². The summed E-state index contributed by atoms with van der Waals surface area (Å²) in [6.45, 7) is 1.83. The summed E-state index contributed by atoms with van der Waals surface area (Å²) in [7, 11) is 0. The zero-order valence-corrected chi connectivity index (χ0v) is 10.6. The van der Waals surface area contributed by atoms with Gasteiger partial charge in [-0.1, -0.05) is 41.4 Å². The molecule has 0 fully saturated rings. The quantitative estimate of drug-likeness (QED) is 0.610. The minimum absolute atomic E-state index is 0.153. The molecule has 0 atom stereocenters. The predicted octanol–water partition coefficient (Wildman–Crippen LogP) is 5.47. The third-order valence-corrected chi connectivity index (χ3v) is 2.99. The van der Waals surface area contributed by atoms with Crippen LogP contribution < -0.4 is 0 Å². The fourth-order valence-corrected chi connectivity index (χ4v) is 1.92. The van der Waals surface area contributed by atoms with Gasteiger partial charge >= 0.3 is 6.18 Å². The fraction of sp³-hybridized carbons (Fsp3) is 0.143. The molecule has 0 N–H and O–H groups in total. The normalized spacial score (nSPS) is 11.7. The lowest BCUT2D eigenvalue weighted by Gasteiger charge is -2.11. The largest absolute Gasteiger partial charge is 0.416 e. The first kappa shape index (κ1) is 13.9. The van der Waals surface area contributed by atoms with E-state index >= 15 is 0 Å². The Balaban J connectivity index is 2.62. The zero-order valence-electron chi connectivity index (χ0n) is 9.85. The van der Waals surface area contributed by atoms with Crippen molar-refractivity contribution in [2.75, 3.05) is 0 Å². The molecule has 0 saturated carbocycles. The number of aryl methyl sites for hydroxylation is 1. The summed E-state index contributed by atoms with van der Waals surface area (Å²) in [4.78, 5) is 0. The molecule has 19 heavy (non-hydrogen) atoms. The minimum atomic E-state index is -4.56. The van der Waals surface area contributed by atoms with Crippen LogP contribution in [0.15, 0.2) is 36.4 Å². The van der Waals surface area contributed by atoms with E-state index in [1.54, 1.807) is 24.3 Å². The molecule has 0 bridgehead atoms. The van der Waals surface area contributed by atoms with Crippen molar-refractivity contribution in [2.24, 2.45) is 0 Å². The molecule has 0 aliphatic heterocycles. The van der Waals surface area contributed by atoms with E-state index in [0.29, 0.717) is 11.6 Å². The van der Waals surface area contributed by atoms with E-state index in [1.807, 2.05) is 6.92 Å². The van der Waals surface area contributed by atoms with Crippen molar-refractivity contribution in [1.82, 2.24) is 0 Å². The minimum Gasteiger partial charge on any atom is -0.205 e. The highest BCUT2D eigenvalue weighted by Gasteiger charge is 2.32. The van der Waals surface area contributed by atoms with E-state index < -0.39 is 22.6 Å². The number of hydrogen-bond donors (Lipinski definition) is 0. The first-order valence-electron chi connectivity index (χ1n) is 5.42. The molecule has 0 heterocycles. The maximum absolute atomic E-state index is 13.9. The first-order chi connectivity index (χ1) is 8.79. The average molecular weight is 289 g/mol. The van der Waals surface area contributed by atoms with Crippen LogP contribution in [0.3, 0.4) is 0 Å². The Morgan fingerprint density at radius 2 is 1.58 bits per heavy atom. The van der Waals surface area contributed by atoms with Gasteiger partial charge < -0.3 is 0 Å². The van der Waals surface area contributed by atoms with E-state index in [-0.39, 0.29) is 5.56 Å². The van der Waals surface area contributed by atoms with Crippen LogP contribution in [0, 0.1) is 12.7 Å². The van der Waals surface area contributed by atoms with Gasteiger partial charge in [0.05, 0.1) is 10.6 Å². The van der Waals surface area contributed by atoms with Crippen molar-refractivity contribution in [3.05, 3.63) is 58.4 Å². The van der Waals surface area contributed by atoms with Gasteiger partial charge in [-0.15, -0.1) is 0 Å². The Morgan fingerprint density at radius 3 is 2.11 bits per heavy atom. The van der Waals surface area contributed by atoms with E-state index in [0.717, 1.165) is 11.6 Å². The SMILES string of the molecule is Cc1ccc(-c2cc(C(F)(F)F)cc(Cl)c2F)cc1. The highest BCUT2D eigenvalue weighted by atomic mass is 35.5. The van der Waals surface area contributed by atoms with E-state index in [4.69, 9.17) is 11.6 Å². The molecule has 0 nitrogen and oxygen atoms in total. The number of rotatable bonds is 1. The molecule has 100 valence electrons. The summed E-state index contributed by atoms with van der Waals surface area (Å²) in [5.74, 6) is -0.849. The van der Waals surface area contributed by atoms with Gasteiger partial charge in [0.25, 0.3) is 0 Å². The number of benzene rings is 2. The molecule has 0 aliphatic carbocycles. The molecule has 0 radical (unpaired) electrons. The van der Waals surface area contributed by atoms with Crippen LogP contribution in [0.4, 0.5) is 17.6 Å². The maximum atomic E-state index is 13.9. The lowest BCUT2D eigenvalue weighted by molar-refractivity contribution is -0.137. The van der Waals surface area contributed by atoms with Gasteiger partial charge in [-0.05, 0) is 24.6 Å². The predicted molar refractivity (Wildman–Crippen MR) is 66.6 cm³/mol. The lowest BCUT2D eigenvalue weighted by atomic mass is 10.0. The molecule has 0 unspecified atom stereocenters. The number of halogens is 5. The summed E-state index contributed by atoms with van der Waals surface area (Å²) in [5, 5.41) is -0.537. The Kier molecular flexibility index (Phi) is 3.54. The molecule has 0 aromatic heterocycles. The maximum Gasteiger partial charge on any atom is 0.416 e. The van der Waals surface area contributed by atoms with Gasteiger partial charge in [0, 0.05) is 5.56 Å². The molecular formula is C14H9ClF4. The lowest BCUT2D eigenvalue weighted by Crippen LogP contribution is -2.06. The Hall–Kier alpha value is -1.55. The van der Waals surface area contributed by atoms with Crippen LogP contribution in [0.25, 0.3) is 11.1 Å². The van der Waals surface area contributed by atoms with Gasteiger partial charge in [0.15, 0.2) is 0 Å². The van der Waals surface area contributed by atoms with Crippen molar-refractivity contribution < 1.29 is 17.6 Å². The number of alkyl halides is 3. The zero-order chi connectivity index (χ0) is 14.2. The van der Waals surface area contributed by atoms with Crippen molar-refractivity contribution in [1.29, 1.82) is 0 Å². The Bertz CT molecular complexity index is 600. The van der Waals surface area contributed by atoms with E-state index in [9.17, 15) is 17.6 Å². The Morgan fingerprint density at radius 1 is 1.00 bits per heavy atom. The topological polar surface area (TPSA) is 0 Å². The molecule has 2 rings (SSSR count). The van der Waals surface area contributed by atoms with Crippen molar-refractivity contribution >= 4 is 11.6 Å². The van der Waals surface area contributed by atoms with Gasteiger partial charge in [-0.2, -0.15) is 13.2 Å². The summed E-state index contributed by atoms with van der Waals surface area (Å²) in [6, 6.07) is 7.88. The summed E-state index contributed by atoms with van der Waals surface area (Å²) in [5.41, 5.74) is 0.174. The molecule has 2 aromatic rings. The van der Waals surface area contributed by atoms with E-state index in [2.05, 4.69) is 0 Å². The van der Waals surface area contributed by atoms with Gasteiger partial charge in [-0.25, -0.2) is 4.39 Å². The molecule has 0 spiro atoms. The second-order valence-corrected chi connectivity index (χ2v) is 4.59. The second-order valence-electron chi connectivity index (χ2n) is 4.18. The first-order valence-corrected chi connectivity index (χ1v) is 5.80. The van der Waals surface area contributed by atoms with Crippen LogP contribution in [0.2, 0.25) is 5.02 Å². The van der Waals surface area contributed by atoms with Crippen molar-refractivity contribution in [2.45, 2.75) is 13.1 Å². The molecule has 0 saturated heterocycles. The van der Waals surface area contributed by atoms with Crippen LogP contribution >= 0.6 is 11.6 Å². The summed E-state index contributed by atoms with van der Waals surface area (Å²) >= 11 is 5.53. The van der Waals surface area contributed by atoms with Crippen LogP contribution in [0.5, 0.6) is 0 Å². The molecule has 5 heteroatoms. The van der Waals surface area contributed by atoms with Gasteiger partial charge in [0.1, 0.15) is 5.82 Å². The van der Waals surface area contributed by atoms with Gasteiger partial charge in [0.2, 0.25) is 0 Å². The average Bonchev–Trinajstić information content (AvgIpc) is 2.32. The summed E-state index contributed by atoms with van der Waals surface area (Å²) < 4.78 is 51.9. The summed E-state index contributed by atoms with van der Waals surface area (Å²) in [6.07, 6.45) is -4.56. The number of hydrogen-bond acceptors (Lipinski definition) is 0. The van der Waals surface area contributed by atoms with Crippen LogP contribution in [-0.2, 0) is 6.18 Å². The standard InChI is InChI=1S/C14H9ClF4/c1-8-2-4-9(5-3-8)11-6-10(14(17,18)19)7-12(15)13(11)16/h2-7H,1H3. The third kappa shape index (κ3) is 2.89. The highest BCUT2D eigenvalue weighted by molar-refractivity contribution is 6.31. The Labute approximate surface area is 112 Å². The molecule has 0 aliphatic rings. The molecular weight excluding hydrogens is 280 g/mol. The second kappa shape index (κ2) is 4.85. The van der Waals surface area contributed by atoms with Crippen LogP contribution in [0.1, 0.15) is 11.1 Å². The van der Waals surface area contributed by atoms with Crippen LogP contribution in [-0.4, -0.2) is 0 Å². The monoisotopic (exact) mass is 288 g/mol. The van der Waals surface area contributed by atoms with Gasteiger partial charge in [-0.3, -0.25) is 0 Å². The fourth-order valence-electron chi connectivity index (χ4n) is 1.70. The molecule has 0 amide bonds. The smallest absolute Gasteiger partial charge is 0.205 e. The highest BCUT2D eigenvalue weighted by Crippen LogP contribution is 2.36. The third-order valence-electron chi connectivity index (χ3n) is 2.72. The van der Waals surface area contributed by atoms with E-state index in [1.165, 1.54) is 0 Å². The van der Waals surface area contributed by atoms with Crippen molar-refractivity contribution in [3.8, 4) is 11.1 Å². The molecule has 2 aromatic carbocycles.